The zero-order valence-electron chi connectivity index (χ0n) is 26.0. The van der Waals surface area contributed by atoms with E-state index in [1.165, 1.54) is 0 Å². The Kier molecular flexibility index (Phi) is 9.57. The lowest BCUT2D eigenvalue weighted by Gasteiger charge is -2.40. The topological polar surface area (TPSA) is 174 Å². The number of rotatable bonds is 12. The first kappa shape index (κ1) is 32.1. The molecule has 2 amide bonds. The molecule has 0 aliphatic carbocycles. The van der Waals surface area contributed by atoms with Crippen LogP contribution in [-0.2, 0) is 11.3 Å². The molecule has 246 valence electrons. The van der Waals surface area contributed by atoms with Crippen LogP contribution in [0.4, 0.5) is 0 Å². The average molecular weight is 650 g/mol. The van der Waals surface area contributed by atoms with Gasteiger partial charge in [0.05, 0.1) is 6.04 Å². The zero-order valence-corrected chi connectivity index (χ0v) is 26.0. The maximum Gasteiger partial charge on any atom is 0.359 e. The van der Waals surface area contributed by atoms with E-state index >= 15 is 0 Å². The fraction of sp³-hybridized carbons (Fsp3) is 0.257. The molecule has 1 saturated heterocycles. The van der Waals surface area contributed by atoms with Crippen molar-refractivity contribution in [1.29, 1.82) is 0 Å². The molecule has 48 heavy (non-hydrogen) atoms. The number of aromatic amines is 1. The molecule has 1 aliphatic rings. The number of benzene rings is 3. The Morgan fingerprint density at radius 1 is 0.812 bits per heavy atom. The molecule has 1 atom stereocenters. The standard InChI is InChI=1S/C35H35N7O6/c43-32(28-22-25-14-7-8-15-26(25)36-28)37-27(16-9-17-42-31(35(47)48)29(34(45)46)38-39-42)33(44)41-20-18-40(19-21-41)30(23-10-3-1-4-11-23)24-12-5-2-6-13-24/h1-8,10-15,22,27,30,36H,9,16-21H2,(H,37,43)(H,45,46)(H,47,48). The summed E-state index contributed by atoms with van der Waals surface area (Å²) in [6.07, 6.45) is 0.374. The number of H-pyrrole nitrogens is 1. The number of carbonyl (C=O) groups is 4. The van der Waals surface area contributed by atoms with Crippen molar-refractivity contribution in [3.05, 3.63) is 119 Å². The molecule has 5 aromatic rings. The van der Waals surface area contributed by atoms with E-state index in [1.807, 2.05) is 60.7 Å². The van der Waals surface area contributed by atoms with Gasteiger partial charge in [-0.15, -0.1) is 5.10 Å². The Hall–Kier alpha value is -5.82. The maximum atomic E-state index is 14.0. The third-order valence-corrected chi connectivity index (χ3v) is 8.60. The van der Waals surface area contributed by atoms with Crippen LogP contribution in [-0.4, -0.2) is 96.0 Å². The molecule has 2 aromatic heterocycles. The minimum Gasteiger partial charge on any atom is -0.476 e. The van der Waals surface area contributed by atoms with Gasteiger partial charge in [-0.2, -0.15) is 0 Å². The maximum absolute atomic E-state index is 14.0. The van der Waals surface area contributed by atoms with E-state index in [4.69, 9.17) is 0 Å². The van der Waals surface area contributed by atoms with Gasteiger partial charge in [0.25, 0.3) is 5.91 Å². The summed E-state index contributed by atoms with van der Waals surface area (Å²) in [6.45, 7) is 2.10. The third-order valence-electron chi connectivity index (χ3n) is 8.60. The molecule has 4 N–H and O–H groups in total. The molecular weight excluding hydrogens is 614 g/mol. The number of carboxylic acid groups (broad SMARTS) is 2. The van der Waals surface area contributed by atoms with Gasteiger partial charge >= 0.3 is 11.9 Å². The van der Waals surface area contributed by atoms with Crippen LogP contribution in [0.15, 0.2) is 91.0 Å². The Labute approximate surface area is 275 Å². The zero-order chi connectivity index (χ0) is 33.6. The monoisotopic (exact) mass is 649 g/mol. The Balaban J connectivity index is 1.18. The van der Waals surface area contributed by atoms with Crippen molar-refractivity contribution in [2.24, 2.45) is 0 Å². The second-order valence-electron chi connectivity index (χ2n) is 11.6. The van der Waals surface area contributed by atoms with Crippen LogP contribution in [0.3, 0.4) is 0 Å². The summed E-state index contributed by atoms with van der Waals surface area (Å²) in [7, 11) is 0. The number of nitrogens with zero attached hydrogens (tertiary/aromatic N) is 5. The highest BCUT2D eigenvalue weighted by Crippen LogP contribution is 2.29. The molecule has 0 saturated carbocycles. The smallest absolute Gasteiger partial charge is 0.359 e. The van der Waals surface area contributed by atoms with E-state index in [0.717, 1.165) is 26.7 Å². The van der Waals surface area contributed by atoms with Crippen LogP contribution in [0.1, 0.15) is 61.5 Å². The molecule has 1 unspecified atom stereocenters. The summed E-state index contributed by atoms with van der Waals surface area (Å²) in [6, 6.07) is 28.8. The van der Waals surface area contributed by atoms with Gasteiger partial charge in [-0.05, 0) is 36.1 Å². The number of hydrogen-bond donors (Lipinski definition) is 4. The fourth-order valence-electron chi connectivity index (χ4n) is 6.27. The number of carboxylic acids is 2. The van der Waals surface area contributed by atoms with Crippen molar-refractivity contribution in [3.63, 3.8) is 0 Å². The van der Waals surface area contributed by atoms with Gasteiger partial charge in [-0.25, -0.2) is 14.3 Å². The molecular formula is C35H35N7O6. The highest BCUT2D eigenvalue weighted by molar-refractivity contribution is 6.00. The van der Waals surface area contributed by atoms with Crippen LogP contribution < -0.4 is 5.32 Å². The number of fused-ring (bicyclic) bond motifs is 1. The number of piperazine rings is 1. The van der Waals surface area contributed by atoms with Gasteiger partial charge < -0.3 is 25.4 Å². The van der Waals surface area contributed by atoms with Gasteiger partial charge in [0.1, 0.15) is 11.7 Å². The van der Waals surface area contributed by atoms with Crippen LogP contribution in [0.25, 0.3) is 10.9 Å². The van der Waals surface area contributed by atoms with E-state index in [-0.39, 0.29) is 31.3 Å². The Morgan fingerprint density at radius 2 is 1.44 bits per heavy atom. The van der Waals surface area contributed by atoms with Crippen molar-refractivity contribution in [1.82, 2.24) is 35.1 Å². The fourth-order valence-corrected chi connectivity index (χ4v) is 6.27. The molecule has 13 nitrogen and oxygen atoms in total. The number of para-hydroxylation sites is 1. The molecule has 3 heterocycles. The number of amides is 2. The first-order valence-electron chi connectivity index (χ1n) is 15.7. The van der Waals surface area contributed by atoms with Crippen LogP contribution >= 0.6 is 0 Å². The molecule has 1 fully saturated rings. The lowest BCUT2D eigenvalue weighted by molar-refractivity contribution is -0.135. The molecule has 3 aromatic carbocycles. The van der Waals surface area contributed by atoms with Gasteiger partial charge in [-0.3, -0.25) is 14.5 Å². The van der Waals surface area contributed by atoms with E-state index in [0.29, 0.717) is 31.9 Å². The highest BCUT2D eigenvalue weighted by Gasteiger charge is 2.32. The summed E-state index contributed by atoms with van der Waals surface area (Å²) in [5.41, 5.74) is 2.20. The minimum absolute atomic E-state index is 0.0163. The number of aromatic nitrogens is 4. The average Bonchev–Trinajstić information content (AvgIpc) is 3.74. The lowest BCUT2D eigenvalue weighted by atomic mass is 9.96. The van der Waals surface area contributed by atoms with Gasteiger partial charge in [0.15, 0.2) is 5.69 Å². The number of nitrogens with one attached hydrogen (secondary N) is 2. The van der Waals surface area contributed by atoms with Crippen molar-refractivity contribution < 1.29 is 29.4 Å². The van der Waals surface area contributed by atoms with Crippen LogP contribution in [0, 0.1) is 0 Å². The Bertz CT molecular complexity index is 1840. The first-order chi connectivity index (χ1) is 23.3. The van der Waals surface area contributed by atoms with Crippen molar-refractivity contribution in [2.45, 2.75) is 31.5 Å². The molecule has 1 aliphatic heterocycles. The number of hydrogen-bond acceptors (Lipinski definition) is 7. The molecule has 6 rings (SSSR count). The van der Waals surface area contributed by atoms with E-state index in [1.54, 1.807) is 11.0 Å². The largest absolute Gasteiger partial charge is 0.476 e. The summed E-state index contributed by atoms with van der Waals surface area (Å²) in [4.78, 5) is 57.9. The summed E-state index contributed by atoms with van der Waals surface area (Å²) < 4.78 is 0.999. The van der Waals surface area contributed by atoms with E-state index in [2.05, 4.69) is 49.8 Å². The second-order valence-corrected chi connectivity index (χ2v) is 11.6. The van der Waals surface area contributed by atoms with E-state index < -0.39 is 35.3 Å². The van der Waals surface area contributed by atoms with Crippen LogP contribution in [0.2, 0.25) is 0 Å². The highest BCUT2D eigenvalue weighted by atomic mass is 16.4. The molecule has 0 bridgehead atoms. The van der Waals surface area contributed by atoms with Crippen LogP contribution in [0.5, 0.6) is 0 Å². The van der Waals surface area contributed by atoms with Gasteiger partial charge in [0, 0.05) is 43.6 Å². The van der Waals surface area contributed by atoms with Gasteiger partial charge in [-0.1, -0.05) is 84.1 Å². The summed E-state index contributed by atoms with van der Waals surface area (Å²) in [5, 5.41) is 29.8. The Morgan fingerprint density at radius 3 is 2.04 bits per heavy atom. The minimum atomic E-state index is -1.50. The van der Waals surface area contributed by atoms with Gasteiger partial charge in [0.2, 0.25) is 11.6 Å². The number of aryl methyl sites for hydroxylation is 1. The van der Waals surface area contributed by atoms with E-state index in [9.17, 15) is 29.4 Å². The molecule has 13 heteroatoms. The number of carbonyl (C=O) groups excluding carboxylic acids is 2. The normalized spacial score (nSPS) is 14.2. The second kappa shape index (κ2) is 14.3. The van der Waals surface area contributed by atoms with Crippen molar-refractivity contribution in [2.75, 3.05) is 26.2 Å². The quantitative estimate of drug-likeness (QED) is 0.157. The number of aromatic carboxylic acids is 2. The lowest BCUT2D eigenvalue weighted by Crippen LogP contribution is -2.55. The van der Waals surface area contributed by atoms with Crippen molar-refractivity contribution in [3.8, 4) is 0 Å². The summed E-state index contributed by atoms with van der Waals surface area (Å²) >= 11 is 0. The first-order valence-corrected chi connectivity index (χ1v) is 15.7. The van der Waals surface area contributed by atoms with Crippen molar-refractivity contribution >= 4 is 34.7 Å². The molecule has 0 radical (unpaired) electrons. The third kappa shape index (κ3) is 6.95. The predicted molar refractivity (Wildman–Crippen MR) is 176 cm³/mol. The SMILES string of the molecule is O=C(NC(CCCn1nnc(C(=O)O)c1C(=O)O)C(=O)N1CCN(C(c2ccccc2)c2ccccc2)CC1)c1cc2ccccc2[nH]1. The predicted octanol–water partition coefficient (Wildman–Crippen LogP) is 3.67. The summed E-state index contributed by atoms with van der Waals surface area (Å²) in [5.74, 6) is -3.67. The molecule has 0 spiro atoms.